The van der Waals surface area contributed by atoms with E-state index >= 15 is 0 Å². The quantitative estimate of drug-likeness (QED) is 0.727. The Balaban J connectivity index is 1.70. The summed E-state index contributed by atoms with van der Waals surface area (Å²) in [5.74, 6) is -0.388. The van der Waals surface area contributed by atoms with Crippen LogP contribution in [0.4, 0.5) is 4.79 Å². The van der Waals surface area contributed by atoms with Gasteiger partial charge in [0.15, 0.2) is 0 Å². The number of benzene rings is 2. The van der Waals surface area contributed by atoms with Gasteiger partial charge in [0.05, 0.1) is 23.8 Å². The topological polar surface area (TPSA) is 88.1 Å². The number of ether oxygens (including phenoxy) is 1. The van der Waals surface area contributed by atoms with E-state index in [0.29, 0.717) is 34.7 Å². The molecule has 30 heavy (non-hydrogen) atoms. The molecule has 7 nitrogen and oxygen atoms in total. The van der Waals surface area contributed by atoms with Crippen LogP contribution in [0.2, 0.25) is 5.02 Å². The van der Waals surface area contributed by atoms with Gasteiger partial charge in [-0.2, -0.15) is 5.10 Å². The predicted molar refractivity (Wildman–Crippen MR) is 114 cm³/mol. The maximum atomic E-state index is 13.0. The number of hydrazone groups is 1. The van der Waals surface area contributed by atoms with Crippen molar-refractivity contribution in [3.05, 3.63) is 75.7 Å². The molecule has 2 heterocycles. The third kappa shape index (κ3) is 3.96. The fourth-order valence-electron chi connectivity index (χ4n) is 3.26. The zero-order valence-electron chi connectivity index (χ0n) is 15.8. The first kappa shape index (κ1) is 20.2. The maximum absolute atomic E-state index is 13.0. The standard InChI is InChI=1S/C21H16ClN3O4S/c1-29-13-8-6-12(7-9-13)17-10-16(14-4-2-3-5-15(14)22)24-25(17)19(26)11-18-20(27)23-21(28)30-18/h2-9,11,17H,10H2,1H3,(H,23,27,28)/b18-11-. The first-order valence-electron chi connectivity index (χ1n) is 9.00. The number of thioether (sulfide) groups is 1. The lowest BCUT2D eigenvalue weighted by atomic mass is 9.98. The van der Waals surface area contributed by atoms with Crippen molar-refractivity contribution >= 4 is 46.1 Å². The zero-order chi connectivity index (χ0) is 21.3. The molecule has 1 atom stereocenters. The Morgan fingerprint density at radius 3 is 2.60 bits per heavy atom. The second-order valence-electron chi connectivity index (χ2n) is 6.55. The van der Waals surface area contributed by atoms with E-state index in [0.717, 1.165) is 17.2 Å². The van der Waals surface area contributed by atoms with E-state index in [1.807, 2.05) is 42.5 Å². The number of halogens is 1. The van der Waals surface area contributed by atoms with Gasteiger partial charge in [-0.25, -0.2) is 5.01 Å². The van der Waals surface area contributed by atoms with Gasteiger partial charge in [-0.3, -0.25) is 19.7 Å². The van der Waals surface area contributed by atoms with Crippen LogP contribution in [0.25, 0.3) is 0 Å². The number of nitrogens with zero attached hydrogens (tertiary/aromatic N) is 2. The number of carbonyl (C=O) groups excluding carboxylic acids is 3. The Bertz CT molecular complexity index is 1100. The number of methoxy groups -OCH3 is 1. The molecule has 2 aliphatic rings. The van der Waals surface area contributed by atoms with Gasteiger partial charge in [0.25, 0.3) is 17.1 Å². The molecule has 0 aromatic heterocycles. The summed E-state index contributed by atoms with van der Waals surface area (Å²) < 4.78 is 5.21. The van der Waals surface area contributed by atoms with Crippen LogP contribution in [0.5, 0.6) is 5.75 Å². The summed E-state index contributed by atoms with van der Waals surface area (Å²) >= 11 is 7.02. The zero-order valence-corrected chi connectivity index (χ0v) is 17.4. The third-order valence-corrected chi connectivity index (χ3v) is 5.86. The lowest BCUT2D eigenvalue weighted by Crippen LogP contribution is -2.26. The number of carbonyl (C=O) groups is 3. The number of nitrogens with one attached hydrogen (secondary N) is 1. The Kier molecular flexibility index (Phi) is 5.61. The fraction of sp³-hybridized carbons (Fsp3) is 0.143. The molecule has 4 rings (SSSR count). The van der Waals surface area contributed by atoms with Gasteiger partial charge < -0.3 is 4.74 Å². The molecule has 152 valence electrons. The number of hydrogen-bond acceptors (Lipinski definition) is 6. The van der Waals surface area contributed by atoms with Crippen molar-refractivity contribution in [1.82, 2.24) is 10.3 Å². The third-order valence-electron chi connectivity index (χ3n) is 4.72. The largest absolute Gasteiger partial charge is 0.497 e. The van der Waals surface area contributed by atoms with Crippen molar-refractivity contribution in [3.8, 4) is 5.75 Å². The normalized spacial score (nSPS) is 19.8. The van der Waals surface area contributed by atoms with Gasteiger partial charge in [0, 0.05) is 23.1 Å². The van der Waals surface area contributed by atoms with Crippen molar-refractivity contribution in [2.24, 2.45) is 5.10 Å². The molecule has 3 amide bonds. The Hall–Kier alpha value is -3.10. The van der Waals surface area contributed by atoms with Crippen molar-refractivity contribution in [3.63, 3.8) is 0 Å². The summed E-state index contributed by atoms with van der Waals surface area (Å²) in [6.45, 7) is 0. The Morgan fingerprint density at radius 1 is 1.23 bits per heavy atom. The summed E-state index contributed by atoms with van der Waals surface area (Å²) in [6.07, 6.45) is 1.59. The van der Waals surface area contributed by atoms with E-state index in [1.54, 1.807) is 13.2 Å². The minimum Gasteiger partial charge on any atom is -0.497 e. The lowest BCUT2D eigenvalue weighted by molar-refractivity contribution is -0.128. The molecule has 0 aliphatic carbocycles. The summed E-state index contributed by atoms with van der Waals surface area (Å²) in [5, 5.41) is 8.01. The van der Waals surface area contributed by atoms with Gasteiger partial charge in [-0.15, -0.1) is 0 Å². The highest BCUT2D eigenvalue weighted by molar-refractivity contribution is 8.18. The highest BCUT2D eigenvalue weighted by Crippen LogP contribution is 2.36. The van der Waals surface area contributed by atoms with Crippen molar-refractivity contribution < 1.29 is 19.1 Å². The molecule has 1 saturated heterocycles. The number of amides is 3. The molecule has 0 saturated carbocycles. The minimum absolute atomic E-state index is 0.0416. The van der Waals surface area contributed by atoms with E-state index in [9.17, 15) is 14.4 Å². The molecule has 2 aliphatic heterocycles. The first-order chi connectivity index (χ1) is 14.5. The minimum atomic E-state index is -0.589. The summed E-state index contributed by atoms with van der Waals surface area (Å²) in [5.41, 5.74) is 2.25. The SMILES string of the molecule is COc1ccc(C2CC(c3ccccc3Cl)=NN2C(=O)/C=C2\SC(=O)NC2=O)cc1. The molecule has 9 heteroatoms. The molecule has 1 fully saturated rings. The van der Waals surface area contributed by atoms with Crippen LogP contribution in [0.1, 0.15) is 23.6 Å². The number of rotatable bonds is 4. The Labute approximate surface area is 181 Å². The highest BCUT2D eigenvalue weighted by atomic mass is 35.5. The number of hydrogen-bond donors (Lipinski definition) is 1. The van der Waals surface area contributed by atoms with Crippen LogP contribution in [0.15, 0.2) is 64.6 Å². The van der Waals surface area contributed by atoms with Gasteiger partial charge in [0.1, 0.15) is 5.75 Å². The first-order valence-corrected chi connectivity index (χ1v) is 10.2. The van der Waals surface area contributed by atoms with Crippen LogP contribution in [0, 0.1) is 0 Å². The molecule has 0 radical (unpaired) electrons. The lowest BCUT2D eigenvalue weighted by Gasteiger charge is -2.21. The molecule has 1 unspecified atom stereocenters. The molecule has 0 bridgehead atoms. The second kappa shape index (κ2) is 8.33. The van der Waals surface area contributed by atoms with E-state index in [2.05, 4.69) is 10.4 Å². The van der Waals surface area contributed by atoms with Gasteiger partial charge in [0.2, 0.25) is 0 Å². The molecule has 0 spiro atoms. The van der Waals surface area contributed by atoms with E-state index in [4.69, 9.17) is 16.3 Å². The Morgan fingerprint density at radius 2 is 1.97 bits per heavy atom. The van der Waals surface area contributed by atoms with Crippen molar-refractivity contribution in [2.75, 3.05) is 7.11 Å². The van der Waals surface area contributed by atoms with Gasteiger partial charge in [-0.1, -0.05) is 41.9 Å². The maximum Gasteiger partial charge on any atom is 0.290 e. The fourth-order valence-corrected chi connectivity index (χ4v) is 4.15. The van der Waals surface area contributed by atoms with Gasteiger partial charge in [-0.05, 0) is 35.5 Å². The average molecular weight is 442 g/mol. The predicted octanol–water partition coefficient (Wildman–Crippen LogP) is 3.89. The van der Waals surface area contributed by atoms with E-state index in [1.165, 1.54) is 5.01 Å². The van der Waals surface area contributed by atoms with Crippen LogP contribution < -0.4 is 10.1 Å². The summed E-state index contributed by atoms with van der Waals surface area (Å²) in [7, 11) is 1.58. The van der Waals surface area contributed by atoms with E-state index in [-0.39, 0.29) is 4.91 Å². The van der Waals surface area contributed by atoms with Crippen LogP contribution >= 0.6 is 23.4 Å². The smallest absolute Gasteiger partial charge is 0.290 e. The molecular weight excluding hydrogens is 426 g/mol. The van der Waals surface area contributed by atoms with Gasteiger partial charge >= 0.3 is 0 Å². The number of imide groups is 1. The van der Waals surface area contributed by atoms with E-state index < -0.39 is 23.1 Å². The van der Waals surface area contributed by atoms with Crippen LogP contribution in [-0.2, 0) is 9.59 Å². The molecule has 2 aromatic rings. The molecule has 1 N–H and O–H groups in total. The van der Waals surface area contributed by atoms with Crippen LogP contribution in [0.3, 0.4) is 0 Å². The molecular formula is C21H16ClN3O4S. The second-order valence-corrected chi connectivity index (χ2v) is 7.98. The average Bonchev–Trinajstić information content (AvgIpc) is 3.31. The highest BCUT2D eigenvalue weighted by Gasteiger charge is 2.34. The monoisotopic (exact) mass is 441 g/mol. The van der Waals surface area contributed by atoms with Crippen LogP contribution in [-0.4, -0.2) is 34.9 Å². The summed E-state index contributed by atoms with van der Waals surface area (Å²) in [6, 6.07) is 14.2. The summed E-state index contributed by atoms with van der Waals surface area (Å²) in [4.78, 5) is 36.3. The van der Waals surface area contributed by atoms with Crippen molar-refractivity contribution in [1.29, 1.82) is 0 Å². The van der Waals surface area contributed by atoms with Crippen molar-refractivity contribution in [2.45, 2.75) is 12.5 Å². The molecule has 2 aromatic carbocycles.